The van der Waals surface area contributed by atoms with E-state index in [-0.39, 0.29) is 48.4 Å². The van der Waals surface area contributed by atoms with Gasteiger partial charge in [0.25, 0.3) is 17.9 Å². The summed E-state index contributed by atoms with van der Waals surface area (Å²) in [6, 6.07) is 6.52. The third-order valence-electron chi connectivity index (χ3n) is 5.09. The Balaban J connectivity index is 0.00000101. The van der Waals surface area contributed by atoms with Crippen LogP contribution >= 0.6 is 0 Å². The molecule has 2 N–H and O–H groups in total. The summed E-state index contributed by atoms with van der Waals surface area (Å²) in [4.78, 5) is 56.2. The summed E-state index contributed by atoms with van der Waals surface area (Å²) in [5.74, 6) is -0.401. The maximum absolute atomic E-state index is 13.0. The van der Waals surface area contributed by atoms with E-state index in [1.54, 1.807) is 34.1 Å². The maximum atomic E-state index is 13.0. The Labute approximate surface area is 173 Å². The first kappa shape index (κ1) is 23.0. The number of carboxylic acid groups (broad SMARTS) is 1. The molecule has 30 heavy (non-hydrogen) atoms. The summed E-state index contributed by atoms with van der Waals surface area (Å²) < 4.78 is 5.21. The van der Waals surface area contributed by atoms with Gasteiger partial charge in [-0.1, -0.05) is 12.1 Å². The highest BCUT2D eigenvalue weighted by atomic mass is 16.5. The minimum absolute atomic E-state index is 0.0202. The number of hydrogen-bond acceptors (Lipinski definition) is 6. The van der Waals surface area contributed by atoms with Crippen LogP contribution in [0.25, 0.3) is 10.9 Å². The lowest BCUT2D eigenvalue weighted by atomic mass is 10.0. The third-order valence-corrected chi connectivity index (χ3v) is 5.09. The quantitative estimate of drug-likeness (QED) is 0.699. The number of nitrogens with zero attached hydrogens (tertiary/aromatic N) is 3. The Morgan fingerprint density at radius 1 is 1.23 bits per heavy atom. The predicted molar refractivity (Wildman–Crippen MR) is 109 cm³/mol. The van der Waals surface area contributed by atoms with Crippen molar-refractivity contribution in [3.05, 3.63) is 40.4 Å². The molecule has 0 radical (unpaired) electrons. The summed E-state index contributed by atoms with van der Waals surface area (Å²) in [6.45, 7) is 6.70. The Hall–Kier alpha value is -3.27. The Kier molecular flexibility index (Phi) is 8.05. The van der Waals surface area contributed by atoms with Gasteiger partial charge < -0.3 is 24.6 Å². The minimum atomic E-state index is -0.339. The van der Waals surface area contributed by atoms with E-state index in [2.05, 4.69) is 9.97 Å². The third kappa shape index (κ3) is 5.01. The van der Waals surface area contributed by atoms with Crippen LogP contribution < -0.4 is 5.56 Å². The molecule has 2 atom stereocenters. The molecule has 0 aliphatic carbocycles. The van der Waals surface area contributed by atoms with Gasteiger partial charge in [-0.25, -0.2) is 4.98 Å². The summed E-state index contributed by atoms with van der Waals surface area (Å²) in [5, 5.41) is 7.34. The first-order chi connectivity index (χ1) is 14.3. The van der Waals surface area contributed by atoms with Crippen molar-refractivity contribution >= 4 is 29.2 Å². The van der Waals surface area contributed by atoms with Gasteiger partial charge in [-0.15, -0.1) is 0 Å². The molecule has 0 bridgehead atoms. The smallest absolute Gasteiger partial charge is 0.290 e. The SMILES string of the molecule is CCOCC(=O)N1CCN(C(=O)c2nc3ccccc3c(=O)[nH]2)[C@H](C)[C@H]1C.O=CO. The number of piperazine rings is 1. The van der Waals surface area contributed by atoms with Gasteiger partial charge in [-0.2, -0.15) is 0 Å². The molecule has 3 rings (SSSR count). The number of carbonyl (C=O) groups excluding carboxylic acids is 2. The molecule has 1 aliphatic rings. The molecule has 2 amide bonds. The zero-order chi connectivity index (χ0) is 22.3. The monoisotopic (exact) mass is 418 g/mol. The Bertz CT molecular complexity index is 960. The number of aromatic amines is 1. The van der Waals surface area contributed by atoms with E-state index in [9.17, 15) is 14.4 Å². The standard InChI is InChI=1S/C19H24N4O4.CH2O2/c1-4-27-11-16(24)22-9-10-23(13(3)12(22)2)19(26)17-20-15-8-6-5-7-14(15)18(25)21-17;2-1-3/h5-8,12-13H,4,9-11H2,1-3H3,(H,20,21,25);1H,(H,2,3)/t12-,13-;/m1./s1. The zero-order valence-electron chi connectivity index (χ0n) is 17.2. The molecular weight excluding hydrogens is 392 g/mol. The van der Waals surface area contributed by atoms with Gasteiger partial charge in [-0.3, -0.25) is 19.2 Å². The van der Waals surface area contributed by atoms with Crippen molar-refractivity contribution in [3.8, 4) is 0 Å². The van der Waals surface area contributed by atoms with Crippen molar-refractivity contribution in [1.82, 2.24) is 19.8 Å². The largest absolute Gasteiger partial charge is 0.483 e. The van der Waals surface area contributed by atoms with Crippen LogP contribution in [-0.4, -0.2) is 81.5 Å². The van der Waals surface area contributed by atoms with E-state index in [1.165, 1.54) is 0 Å². The van der Waals surface area contributed by atoms with E-state index >= 15 is 0 Å². The van der Waals surface area contributed by atoms with Crippen LogP contribution in [0.4, 0.5) is 0 Å². The van der Waals surface area contributed by atoms with Crippen molar-refractivity contribution < 1.29 is 24.2 Å². The van der Waals surface area contributed by atoms with Crippen LogP contribution in [0.5, 0.6) is 0 Å². The number of benzene rings is 1. The van der Waals surface area contributed by atoms with Crippen molar-refractivity contribution in [2.24, 2.45) is 0 Å². The number of fused-ring (bicyclic) bond motifs is 1. The van der Waals surface area contributed by atoms with Crippen LogP contribution in [-0.2, 0) is 14.3 Å². The van der Waals surface area contributed by atoms with Crippen molar-refractivity contribution in [2.45, 2.75) is 32.9 Å². The summed E-state index contributed by atoms with van der Waals surface area (Å²) in [7, 11) is 0. The van der Waals surface area contributed by atoms with E-state index in [1.807, 2.05) is 20.8 Å². The van der Waals surface area contributed by atoms with Crippen LogP contribution in [0, 0.1) is 0 Å². The number of para-hydroxylation sites is 1. The highest BCUT2D eigenvalue weighted by Gasteiger charge is 2.36. The highest BCUT2D eigenvalue weighted by Crippen LogP contribution is 2.19. The number of rotatable bonds is 4. The van der Waals surface area contributed by atoms with Gasteiger partial charge >= 0.3 is 0 Å². The van der Waals surface area contributed by atoms with E-state index in [0.717, 1.165) is 0 Å². The topological polar surface area (TPSA) is 133 Å². The van der Waals surface area contributed by atoms with Crippen LogP contribution in [0.15, 0.2) is 29.1 Å². The molecule has 1 aromatic heterocycles. The fraction of sp³-hybridized carbons (Fsp3) is 0.450. The van der Waals surface area contributed by atoms with Crippen LogP contribution in [0.2, 0.25) is 0 Å². The predicted octanol–water partition coefficient (Wildman–Crippen LogP) is 0.722. The highest BCUT2D eigenvalue weighted by molar-refractivity contribution is 5.93. The van der Waals surface area contributed by atoms with Gasteiger partial charge in [0.2, 0.25) is 5.91 Å². The molecule has 0 unspecified atom stereocenters. The zero-order valence-corrected chi connectivity index (χ0v) is 17.2. The summed E-state index contributed by atoms with van der Waals surface area (Å²) in [6.07, 6.45) is 0. The molecule has 1 aromatic carbocycles. The Morgan fingerprint density at radius 2 is 1.83 bits per heavy atom. The average Bonchev–Trinajstić information content (AvgIpc) is 2.74. The minimum Gasteiger partial charge on any atom is -0.483 e. The molecule has 1 aliphatic heterocycles. The number of amides is 2. The molecule has 0 spiro atoms. The molecule has 0 saturated carbocycles. The summed E-state index contributed by atoms with van der Waals surface area (Å²) in [5.41, 5.74) is 0.144. The lowest BCUT2D eigenvalue weighted by Gasteiger charge is -2.44. The molecular formula is C20H26N4O6. The van der Waals surface area contributed by atoms with Crippen molar-refractivity contribution in [2.75, 3.05) is 26.3 Å². The number of H-pyrrole nitrogens is 1. The summed E-state index contributed by atoms with van der Waals surface area (Å²) >= 11 is 0. The second kappa shape index (κ2) is 10.5. The fourth-order valence-corrected chi connectivity index (χ4v) is 3.38. The second-order valence-corrected chi connectivity index (χ2v) is 6.74. The van der Waals surface area contributed by atoms with E-state index in [0.29, 0.717) is 30.6 Å². The van der Waals surface area contributed by atoms with Crippen molar-refractivity contribution in [1.29, 1.82) is 0 Å². The number of aromatic nitrogens is 2. The molecule has 1 saturated heterocycles. The van der Waals surface area contributed by atoms with Gasteiger partial charge in [0, 0.05) is 31.8 Å². The molecule has 162 valence electrons. The van der Waals surface area contributed by atoms with Gasteiger partial charge in [0.05, 0.1) is 10.9 Å². The first-order valence-corrected chi connectivity index (χ1v) is 9.60. The fourth-order valence-electron chi connectivity index (χ4n) is 3.38. The number of ether oxygens (including phenoxy) is 1. The number of hydrogen-bond donors (Lipinski definition) is 2. The normalized spacial score (nSPS) is 18.5. The lowest BCUT2D eigenvalue weighted by molar-refractivity contribution is -0.141. The molecule has 10 nitrogen and oxygen atoms in total. The van der Waals surface area contributed by atoms with E-state index < -0.39 is 0 Å². The maximum Gasteiger partial charge on any atom is 0.290 e. The van der Waals surface area contributed by atoms with Crippen molar-refractivity contribution in [3.63, 3.8) is 0 Å². The van der Waals surface area contributed by atoms with Gasteiger partial charge in [-0.05, 0) is 32.9 Å². The Morgan fingerprint density at radius 3 is 2.50 bits per heavy atom. The molecule has 2 heterocycles. The number of nitrogens with one attached hydrogen (secondary N) is 1. The van der Waals surface area contributed by atoms with Gasteiger partial charge in [0.1, 0.15) is 6.61 Å². The van der Waals surface area contributed by atoms with Crippen LogP contribution in [0.3, 0.4) is 0 Å². The average molecular weight is 418 g/mol. The molecule has 1 fully saturated rings. The second-order valence-electron chi connectivity index (χ2n) is 6.74. The van der Waals surface area contributed by atoms with Crippen LogP contribution in [0.1, 0.15) is 31.4 Å². The number of carbonyl (C=O) groups is 3. The van der Waals surface area contributed by atoms with Gasteiger partial charge in [0.15, 0.2) is 5.82 Å². The molecule has 2 aromatic rings. The lowest BCUT2D eigenvalue weighted by Crippen LogP contribution is -2.61. The molecule has 10 heteroatoms. The van der Waals surface area contributed by atoms with E-state index in [4.69, 9.17) is 14.6 Å². The first-order valence-electron chi connectivity index (χ1n) is 9.60.